The molecule has 2 nitrogen and oxygen atoms in total. The van der Waals surface area contributed by atoms with Crippen LogP contribution < -0.4 is 0 Å². The zero-order valence-corrected chi connectivity index (χ0v) is 12.0. The number of carbonyl (C=O) groups excluding carboxylic acids is 1. The monoisotopic (exact) mass is 266 g/mol. The number of Topliss-reactive ketones (excluding diaryl/α,β-unsaturated/α-hetero) is 1. The lowest BCUT2D eigenvalue weighted by Crippen LogP contribution is -2.29. The van der Waals surface area contributed by atoms with Crippen LogP contribution in [0.5, 0.6) is 5.75 Å². The summed E-state index contributed by atoms with van der Waals surface area (Å²) in [5.74, 6) is 0.179. The number of rotatable bonds is 1. The van der Waals surface area contributed by atoms with Crippen LogP contribution in [0.25, 0.3) is 0 Å². The van der Waals surface area contributed by atoms with E-state index in [1.54, 1.807) is 0 Å². The highest BCUT2D eigenvalue weighted by Crippen LogP contribution is 2.45. The summed E-state index contributed by atoms with van der Waals surface area (Å²) in [5, 5.41) is 10.3. The fourth-order valence-electron chi connectivity index (χ4n) is 3.24. The van der Waals surface area contributed by atoms with Crippen LogP contribution in [0.1, 0.15) is 39.5 Å². The van der Waals surface area contributed by atoms with E-state index in [-0.39, 0.29) is 11.5 Å². The van der Waals surface area contributed by atoms with E-state index in [1.165, 1.54) is 0 Å². The summed E-state index contributed by atoms with van der Waals surface area (Å²) < 4.78 is 0. The van der Waals surface area contributed by atoms with Crippen molar-refractivity contribution in [2.24, 2.45) is 0 Å². The van der Waals surface area contributed by atoms with E-state index in [0.29, 0.717) is 12.0 Å². The van der Waals surface area contributed by atoms with Crippen LogP contribution >= 0.6 is 0 Å². The molecule has 1 aliphatic rings. The van der Waals surface area contributed by atoms with Gasteiger partial charge in [0.2, 0.25) is 0 Å². The van der Waals surface area contributed by atoms with Gasteiger partial charge in [0.05, 0.1) is 11.0 Å². The molecule has 3 rings (SSSR count). The molecule has 0 saturated heterocycles. The van der Waals surface area contributed by atoms with Crippen molar-refractivity contribution in [2.45, 2.75) is 32.6 Å². The van der Waals surface area contributed by atoms with Crippen LogP contribution in [0.3, 0.4) is 0 Å². The van der Waals surface area contributed by atoms with E-state index in [0.717, 1.165) is 22.3 Å². The molecule has 0 bridgehead atoms. The van der Waals surface area contributed by atoms with Crippen LogP contribution in [0, 0.1) is 13.8 Å². The molecule has 1 aliphatic carbocycles. The predicted molar refractivity (Wildman–Crippen MR) is 79.4 cm³/mol. The third kappa shape index (κ3) is 1.61. The topological polar surface area (TPSA) is 37.3 Å². The third-order valence-electron chi connectivity index (χ3n) is 4.49. The number of fused-ring (bicyclic) bond motifs is 1. The Morgan fingerprint density at radius 3 is 2.40 bits per heavy atom. The second kappa shape index (κ2) is 4.20. The van der Waals surface area contributed by atoms with Crippen molar-refractivity contribution in [1.82, 2.24) is 0 Å². The van der Waals surface area contributed by atoms with Gasteiger partial charge in [-0.3, -0.25) is 4.79 Å². The Balaban J connectivity index is 2.21. The van der Waals surface area contributed by atoms with Crippen molar-refractivity contribution in [3.05, 3.63) is 64.2 Å². The van der Waals surface area contributed by atoms with E-state index in [1.807, 2.05) is 57.2 Å². The highest BCUT2D eigenvalue weighted by Gasteiger charge is 2.45. The third-order valence-corrected chi connectivity index (χ3v) is 4.49. The standard InChI is InChI=1S/C18H18O2/c1-11-9-12(2)16(19)15-14(11)10-18(3,17(15)20)13-7-5-4-6-8-13/h4-9,19H,10H2,1-3H3/t18-/m0/s1. The van der Waals surface area contributed by atoms with Gasteiger partial charge in [0, 0.05) is 0 Å². The Bertz CT molecular complexity index is 701. The number of ketones is 1. The van der Waals surface area contributed by atoms with Gasteiger partial charge in [-0.1, -0.05) is 36.4 Å². The molecular formula is C18H18O2. The molecule has 0 unspecified atom stereocenters. The largest absolute Gasteiger partial charge is 0.507 e. The second-order valence-electron chi connectivity index (χ2n) is 5.92. The minimum absolute atomic E-state index is 0.0306. The Labute approximate surface area is 119 Å². The predicted octanol–water partition coefficient (Wildman–Crippen LogP) is 3.71. The second-order valence-corrected chi connectivity index (χ2v) is 5.92. The molecule has 0 heterocycles. The van der Waals surface area contributed by atoms with Crippen molar-refractivity contribution in [2.75, 3.05) is 0 Å². The van der Waals surface area contributed by atoms with Crippen molar-refractivity contribution in [3.8, 4) is 5.75 Å². The lowest BCUT2D eigenvalue weighted by Gasteiger charge is -2.22. The minimum Gasteiger partial charge on any atom is -0.507 e. The van der Waals surface area contributed by atoms with E-state index in [9.17, 15) is 9.90 Å². The molecule has 1 N–H and O–H groups in total. The molecule has 0 saturated carbocycles. The molecule has 2 aromatic carbocycles. The van der Waals surface area contributed by atoms with Crippen LogP contribution in [0.4, 0.5) is 0 Å². The smallest absolute Gasteiger partial charge is 0.177 e. The summed E-state index contributed by atoms with van der Waals surface area (Å²) in [6.45, 7) is 5.82. The first-order valence-electron chi connectivity index (χ1n) is 6.87. The number of hydrogen-bond acceptors (Lipinski definition) is 2. The van der Waals surface area contributed by atoms with Gasteiger partial charge in [0.1, 0.15) is 5.75 Å². The molecule has 0 fully saturated rings. The van der Waals surface area contributed by atoms with Gasteiger partial charge in [0.15, 0.2) is 5.78 Å². The Kier molecular flexibility index (Phi) is 2.72. The van der Waals surface area contributed by atoms with Gasteiger partial charge in [-0.15, -0.1) is 0 Å². The summed E-state index contributed by atoms with van der Waals surface area (Å²) >= 11 is 0. The Morgan fingerprint density at radius 1 is 1.10 bits per heavy atom. The number of hydrogen-bond donors (Lipinski definition) is 1. The van der Waals surface area contributed by atoms with E-state index in [4.69, 9.17) is 0 Å². The molecule has 0 radical (unpaired) electrons. The lowest BCUT2D eigenvalue weighted by atomic mass is 9.79. The summed E-state index contributed by atoms with van der Waals surface area (Å²) in [6, 6.07) is 11.8. The zero-order valence-electron chi connectivity index (χ0n) is 12.0. The number of phenols is 1. The summed E-state index contributed by atoms with van der Waals surface area (Å²) in [4.78, 5) is 12.9. The van der Waals surface area contributed by atoms with E-state index >= 15 is 0 Å². The number of carbonyl (C=O) groups is 1. The van der Waals surface area contributed by atoms with Crippen molar-refractivity contribution < 1.29 is 9.90 Å². The van der Waals surface area contributed by atoms with Crippen LogP contribution in [-0.2, 0) is 11.8 Å². The average Bonchev–Trinajstić information content (AvgIpc) is 2.72. The van der Waals surface area contributed by atoms with Crippen LogP contribution in [0.2, 0.25) is 0 Å². The number of benzene rings is 2. The van der Waals surface area contributed by atoms with Gasteiger partial charge in [-0.25, -0.2) is 0 Å². The van der Waals surface area contributed by atoms with Gasteiger partial charge in [-0.2, -0.15) is 0 Å². The first-order chi connectivity index (χ1) is 9.45. The number of aryl methyl sites for hydroxylation is 2. The Hall–Kier alpha value is -2.09. The molecule has 20 heavy (non-hydrogen) atoms. The molecule has 0 aliphatic heterocycles. The van der Waals surface area contributed by atoms with E-state index in [2.05, 4.69) is 0 Å². The van der Waals surface area contributed by atoms with Gasteiger partial charge in [0.25, 0.3) is 0 Å². The van der Waals surface area contributed by atoms with Gasteiger partial charge >= 0.3 is 0 Å². The van der Waals surface area contributed by atoms with E-state index < -0.39 is 5.41 Å². The molecule has 0 spiro atoms. The van der Waals surface area contributed by atoms with Crippen molar-refractivity contribution in [3.63, 3.8) is 0 Å². The summed E-state index contributed by atoms with van der Waals surface area (Å²) in [7, 11) is 0. The summed E-state index contributed by atoms with van der Waals surface area (Å²) in [6.07, 6.45) is 0.658. The molecule has 2 aromatic rings. The molecule has 2 heteroatoms. The maximum Gasteiger partial charge on any atom is 0.177 e. The van der Waals surface area contributed by atoms with Gasteiger partial charge in [-0.05, 0) is 49.4 Å². The maximum atomic E-state index is 12.9. The van der Waals surface area contributed by atoms with Crippen LogP contribution in [0.15, 0.2) is 36.4 Å². The Morgan fingerprint density at radius 2 is 1.75 bits per heavy atom. The number of phenolic OH excluding ortho intramolecular Hbond substituents is 1. The van der Waals surface area contributed by atoms with Gasteiger partial charge < -0.3 is 5.11 Å². The van der Waals surface area contributed by atoms with Crippen molar-refractivity contribution >= 4 is 5.78 Å². The SMILES string of the molecule is Cc1cc(C)c2c(c1O)C(=O)[C@](C)(c1ccccc1)C2. The molecule has 1 atom stereocenters. The first-order valence-corrected chi connectivity index (χ1v) is 6.87. The molecule has 102 valence electrons. The number of aromatic hydroxyl groups is 1. The zero-order chi connectivity index (χ0) is 14.5. The fraction of sp³-hybridized carbons (Fsp3) is 0.278. The minimum atomic E-state index is -0.570. The molecule has 0 amide bonds. The lowest BCUT2D eigenvalue weighted by molar-refractivity contribution is 0.0913. The highest BCUT2D eigenvalue weighted by atomic mass is 16.3. The maximum absolute atomic E-state index is 12.9. The summed E-state index contributed by atoms with van der Waals surface area (Å²) in [5.41, 5.74) is 3.81. The van der Waals surface area contributed by atoms with Crippen molar-refractivity contribution in [1.29, 1.82) is 0 Å². The molecular weight excluding hydrogens is 248 g/mol. The van der Waals surface area contributed by atoms with Crippen LogP contribution in [-0.4, -0.2) is 10.9 Å². The molecule has 0 aromatic heterocycles. The normalized spacial score (nSPS) is 21.1. The average molecular weight is 266 g/mol. The fourth-order valence-corrected chi connectivity index (χ4v) is 3.24. The first kappa shape index (κ1) is 12.9. The quantitative estimate of drug-likeness (QED) is 0.854. The highest BCUT2D eigenvalue weighted by molar-refractivity contribution is 6.10.